The average molecular weight is 379 g/mol. The fourth-order valence-corrected chi connectivity index (χ4v) is 4.22. The Labute approximate surface area is 161 Å². The van der Waals surface area contributed by atoms with Crippen molar-refractivity contribution in [3.63, 3.8) is 0 Å². The quantitative estimate of drug-likeness (QED) is 0.715. The number of fused-ring (bicyclic) bond motifs is 1. The van der Waals surface area contributed by atoms with E-state index in [1.807, 2.05) is 41.8 Å². The minimum absolute atomic E-state index is 0.0600. The lowest BCUT2D eigenvalue weighted by Crippen LogP contribution is -2.23. The summed E-state index contributed by atoms with van der Waals surface area (Å²) in [4.78, 5) is 25.6. The van der Waals surface area contributed by atoms with Crippen molar-refractivity contribution in [1.82, 2.24) is 15.5 Å². The van der Waals surface area contributed by atoms with Crippen molar-refractivity contribution in [3.8, 4) is 0 Å². The topological polar surface area (TPSA) is 74.8 Å². The molecule has 5 nitrogen and oxygen atoms in total. The largest absolute Gasteiger partial charge is 0.347 e. The van der Waals surface area contributed by atoms with Gasteiger partial charge >= 0.3 is 0 Å². The average Bonchev–Trinajstić information content (AvgIpc) is 3.22. The van der Waals surface area contributed by atoms with Crippen molar-refractivity contribution in [2.24, 2.45) is 0 Å². The van der Waals surface area contributed by atoms with E-state index in [1.165, 1.54) is 0 Å². The fraction of sp³-hybridized carbons (Fsp3) is 0.286. The Hall–Kier alpha value is -2.73. The van der Waals surface area contributed by atoms with Crippen LogP contribution < -0.4 is 10.9 Å². The molecule has 1 amide bonds. The number of benzene rings is 1. The summed E-state index contributed by atoms with van der Waals surface area (Å²) in [6.07, 6.45) is 4.49. The highest BCUT2D eigenvalue weighted by atomic mass is 32.1. The Morgan fingerprint density at radius 3 is 2.81 bits per heavy atom. The summed E-state index contributed by atoms with van der Waals surface area (Å²) < 4.78 is 0. The molecule has 0 fully saturated rings. The Balaban J connectivity index is 1.51. The molecule has 0 aliphatic heterocycles. The third kappa shape index (κ3) is 4.01. The molecule has 4 rings (SSSR count). The molecule has 0 radical (unpaired) electrons. The van der Waals surface area contributed by atoms with E-state index in [0.29, 0.717) is 18.5 Å². The molecule has 0 bridgehead atoms. The summed E-state index contributed by atoms with van der Waals surface area (Å²) in [5.74, 6) is -0.0818. The number of aromatic amines is 1. The summed E-state index contributed by atoms with van der Waals surface area (Å²) in [5, 5.41) is 11.9. The van der Waals surface area contributed by atoms with Crippen LogP contribution in [-0.2, 0) is 25.8 Å². The molecule has 0 saturated carbocycles. The number of carbonyl (C=O) groups is 1. The molecule has 0 atom stereocenters. The zero-order valence-corrected chi connectivity index (χ0v) is 15.8. The van der Waals surface area contributed by atoms with Gasteiger partial charge in [0.2, 0.25) is 0 Å². The van der Waals surface area contributed by atoms with Gasteiger partial charge in [0, 0.05) is 22.4 Å². The van der Waals surface area contributed by atoms with Crippen LogP contribution >= 0.6 is 11.3 Å². The van der Waals surface area contributed by atoms with E-state index in [1.54, 1.807) is 11.3 Å². The summed E-state index contributed by atoms with van der Waals surface area (Å²) in [7, 11) is 0. The molecule has 6 heteroatoms. The predicted molar refractivity (Wildman–Crippen MR) is 106 cm³/mol. The summed E-state index contributed by atoms with van der Waals surface area (Å²) in [6.45, 7) is 0.537. The zero-order valence-electron chi connectivity index (χ0n) is 15.0. The van der Waals surface area contributed by atoms with Gasteiger partial charge in [-0.2, -0.15) is 5.10 Å². The Kier molecular flexibility index (Phi) is 5.16. The van der Waals surface area contributed by atoms with Crippen molar-refractivity contribution in [1.29, 1.82) is 0 Å². The highest BCUT2D eigenvalue weighted by Crippen LogP contribution is 2.22. The minimum Gasteiger partial charge on any atom is -0.347 e. The van der Waals surface area contributed by atoms with Gasteiger partial charge in [0.05, 0.1) is 12.2 Å². The van der Waals surface area contributed by atoms with Crippen LogP contribution in [0.5, 0.6) is 0 Å². The maximum Gasteiger partial charge on any atom is 0.267 e. The zero-order chi connectivity index (χ0) is 18.6. The van der Waals surface area contributed by atoms with E-state index >= 15 is 0 Å². The van der Waals surface area contributed by atoms with Crippen molar-refractivity contribution < 1.29 is 4.79 Å². The first-order valence-electron chi connectivity index (χ1n) is 9.19. The molecule has 0 saturated heterocycles. The smallest absolute Gasteiger partial charge is 0.267 e. The first-order chi connectivity index (χ1) is 13.2. The second-order valence-corrected chi connectivity index (χ2v) is 7.84. The van der Waals surface area contributed by atoms with Crippen LogP contribution in [0.3, 0.4) is 0 Å². The molecule has 0 unspecified atom stereocenters. The van der Waals surface area contributed by atoms with Gasteiger partial charge in [-0.05, 0) is 60.4 Å². The second kappa shape index (κ2) is 7.88. The second-order valence-electron chi connectivity index (χ2n) is 6.80. The normalized spacial score (nSPS) is 13.2. The number of rotatable bonds is 5. The molecule has 3 aromatic rings. The number of aromatic nitrogens is 2. The van der Waals surface area contributed by atoms with Gasteiger partial charge in [-0.3, -0.25) is 9.59 Å². The van der Waals surface area contributed by atoms with Gasteiger partial charge < -0.3 is 5.32 Å². The molecule has 1 aliphatic carbocycles. The van der Waals surface area contributed by atoms with E-state index in [0.717, 1.165) is 52.9 Å². The van der Waals surface area contributed by atoms with Crippen molar-refractivity contribution >= 4 is 17.2 Å². The summed E-state index contributed by atoms with van der Waals surface area (Å²) in [5.41, 5.74) is 4.50. The number of carbonyl (C=O) groups excluding carboxylic acids is 1. The van der Waals surface area contributed by atoms with Crippen molar-refractivity contribution in [3.05, 3.63) is 85.0 Å². The highest BCUT2D eigenvalue weighted by molar-refractivity contribution is 7.09. The van der Waals surface area contributed by atoms with Gasteiger partial charge in [0.15, 0.2) is 0 Å². The number of hydrogen-bond donors (Lipinski definition) is 2. The van der Waals surface area contributed by atoms with Gasteiger partial charge in [0.1, 0.15) is 0 Å². The lowest BCUT2D eigenvalue weighted by Gasteiger charge is -2.17. The number of nitrogens with zero attached hydrogens (tertiary/aromatic N) is 1. The van der Waals surface area contributed by atoms with Crippen LogP contribution in [0.4, 0.5) is 0 Å². The van der Waals surface area contributed by atoms with Crippen LogP contribution in [0, 0.1) is 0 Å². The number of H-pyrrole nitrogens is 1. The molecule has 27 heavy (non-hydrogen) atoms. The van der Waals surface area contributed by atoms with Gasteiger partial charge in [0.25, 0.3) is 11.5 Å². The maximum atomic E-state index is 12.5. The first kappa shape index (κ1) is 17.7. The van der Waals surface area contributed by atoms with E-state index in [9.17, 15) is 9.59 Å². The number of nitrogens with one attached hydrogen (secondary N) is 2. The maximum absolute atomic E-state index is 12.5. The third-order valence-corrected chi connectivity index (χ3v) is 5.82. The van der Waals surface area contributed by atoms with Crippen LogP contribution in [-0.4, -0.2) is 16.1 Å². The standard InChI is InChI=1S/C21H21N3O2S/c25-20(22-13-16-7-4-10-27-16)15-6-3-5-14(11-15)12-19-17-8-1-2-9-18(17)21(26)24-23-19/h3-7,10-11H,1-2,8-9,12-13H2,(H,22,25)(H,24,26). The Bertz CT molecular complexity index is 1010. The SMILES string of the molecule is O=C(NCc1cccs1)c1cccc(Cc2n[nH]c(=O)c3c2CCCC3)c1. The molecule has 1 aliphatic rings. The minimum atomic E-state index is -0.0818. The van der Waals surface area contributed by atoms with Crippen LogP contribution in [0.15, 0.2) is 46.6 Å². The molecule has 2 N–H and O–H groups in total. The molecule has 138 valence electrons. The third-order valence-electron chi connectivity index (χ3n) is 4.95. The van der Waals surface area contributed by atoms with E-state index in [2.05, 4.69) is 15.5 Å². The molecular weight excluding hydrogens is 358 g/mol. The van der Waals surface area contributed by atoms with Gasteiger partial charge in [-0.15, -0.1) is 11.3 Å². The van der Waals surface area contributed by atoms with Crippen LogP contribution in [0.2, 0.25) is 0 Å². The lowest BCUT2D eigenvalue weighted by atomic mass is 9.90. The lowest BCUT2D eigenvalue weighted by molar-refractivity contribution is 0.0951. The monoisotopic (exact) mass is 379 g/mol. The molecular formula is C21H21N3O2S. The Morgan fingerprint density at radius 1 is 1.15 bits per heavy atom. The van der Waals surface area contributed by atoms with E-state index in [-0.39, 0.29) is 11.5 Å². The van der Waals surface area contributed by atoms with E-state index in [4.69, 9.17) is 0 Å². The predicted octanol–water partition coefficient (Wildman–Crippen LogP) is 3.23. The fourth-order valence-electron chi connectivity index (χ4n) is 3.57. The number of hydrogen-bond acceptors (Lipinski definition) is 4. The molecule has 1 aromatic carbocycles. The Morgan fingerprint density at radius 2 is 2.00 bits per heavy atom. The van der Waals surface area contributed by atoms with Gasteiger partial charge in [-0.25, -0.2) is 5.10 Å². The number of thiophene rings is 1. The van der Waals surface area contributed by atoms with Crippen molar-refractivity contribution in [2.75, 3.05) is 0 Å². The van der Waals surface area contributed by atoms with Gasteiger partial charge in [-0.1, -0.05) is 18.2 Å². The van der Waals surface area contributed by atoms with Crippen LogP contribution in [0.1, 0.15) is 50.5 Å². The molecule has 0 spiro atoms. The molecule has 2 aromatic heterocycles. The summed E-state index contributed by atoms with van der Waals surface area (Å²) >= 11 is 1.63. The summed E-state index contributed by atoms with van der Waals surface area (Å²) in [6, 6.07) is 11.6. The molecule has 2 heterocycles. The number of amides is 1. The highest BCUT2D eigenvalue weighted by Gasteiger charge is 2.18. The van der Waals surface area contributed by atoms with Crippen molar-refractivity contribution in [2.45, 2.75) is 38.6 Å². The first-order valence-corrected chi connectivity index (χ1v) is 10.1. The van der Waals surface area contributed by atoms with Crippen LogP contribution in [0.25, 0.3) is 0 Å². The van der Waals surface area contributed by atoms with E-state index < -0.39 is 0 Å².